The van der Waals surface area contributed by atoms with Gasteiger partial charge >= 0.3 is 0 Å². The van der Waals surface area contributed by atoms with Crippen LogP contribution < -0.4 is 0 Å². The zero-order valence-corrected chi connectivity index (χ0v) is 12.9. The van der Waals surface area contributed by atoms with Crippen LogP contribution in [0.15, 0.2) is 24.5 Å². The van der Waals surface area contributed by atoms with Crippen LogP contribution in [0.3, 0.4) is 0 Å². The molecule has 0 aromatic carbocycles. The molecule has 0 atom stereocenters. The summed E-state index contributed by atoms with van der Waals surface area (Å²) in [4.78, 5) is 20.0. The molecule has 1 aliphatic rings. The Balaban J connectivity index is 0.000000741. The lowest BCUT2D eigenvalue weighted by Crippen LogP contribution is -2.47. The number of carbonyl (C=O) groups is 1. The minimum atomic E-state index is 0.0937. The van der Waals surface area contributed by atoms with E-state index in [-0.39, 0.29) is 5.91 Å². The molecule has 0 bridgehead atoms. The molecule has 19 heavy (non-hydrogen) atoms. The molecule has 1 amide bonds. The molecule has 1 saturated heterocycles. The van der Waals surface area contributed by atoms with Gasteiger partial charge in [-0.25, -0.2) is 0 Å². The second kappa shape index (κ2) is 10.5. The molecule has 0 aliphatic carbocycles. The second-order valence-corrected chi connectivity index (χ2v) is 3.84. The van der Waals surface area contributed by atoms with Crippen molar-refractivity contribution in [1.29, 1.82) is 0 Å². The topological polar surface area (TPSA) is 36.4 Å². The third kappa shape index (κ3) is 5.83. The van der Waals surface area contributed by atoms with Crippen molar-refractivity contribution in [3.8, 4) is 0 Å². The Kier molecular flexibility index (Phi) is 9.71. The van der Waals surface area contributed by atoms with Gasteiger partial charge in [0.15, 0.2) is 0 Å². The highest BCUT2D eigenvalue weighted by atomic mass is 16.2. The van der Waals surface area contributed by atoms with E-state index in [1.165, 1.54) is 0 Å². The molecular weight excluding hydrogens is 238 g/mol. The normalized spacial score (nSPS) is 14.7. The molecule has 1 aromatic heterocycles. The molecule has 4 heteroatoms. The van der Waals surface area contributed by atoms with Gasteiger partial charge < -0.3 is 9.80 Å². The predicted molar refractivity (Wildman–Crippen MR) is 80.3 cm³/mol. The average Bonchev–Trinajstić information content (AvgIpc) is 2.52. The summed E-state index contributed by atoms with van der Waals surface area (Å²) in [6.45, 7) is 11.5. The molecule has 4 nitrogen and oxygen atoms in total. The van der Waals surface area contributed by atoms with Gasteiger partial charge in [0, 0.05) is 38.6 Å². The SMILES string of the molecule is CC.CC.CN1CCN(C(=O)c2cccnc2)CC1. The minimum absolute atomic E-state index is 0.0937. The van der Waals surface area contributed by atoms with Crippen molar-refractivity contribution < 1.29 is 4.79 Å². The molecule has 1 aromatic rings. The lowest BCUT2D eigenvalue weighted by atomic mass is 10.2. The first-order chi connectivity index (χ1) is 9.27. The number of aromatic nitrogens is 1. The van der Waals surface area contributed by atoms with E-state index < -0.39 is 0 Å². The molecule has 0 saturated carbocycles. The van der Waals surface area contributed by atoms with E-state index in [0.717, 1.165) is 26.2 Å². The first-order valence-corrected chi connectivity index (χ1v) is 7.15. The van der Waals surface area contributed by atoms with Crippen molar-refractivity contribution in [2.75, 3.05) is 33.2 Å². The number of rotatable bonds is 1. The molecule has 0 radical (unpaired) electrons. The monoisotopic (exact) mass is 265 g/mol. The van der Waals surface area contributed by atoms with Gasteiger partial charge in [0.05, 0.1) is 5.56 Å². The number of hydrogen-bond donors (Lipinski definition) is 0. The van der Waals surface area contributed by atoms with Gasteiger partial charge in [0.25, 0.3) is 5.91 Å². The zero-order valence-electron chi connectivity index (χ0n) is 12.9. The number of nitrogens with zero attached hydrogens (tertiary/aromatic N) is 3. The maximum atomic E-state index is 12.0. The van der Waals surface area contributed by atoms with E-state index in [2.05, 4.69) is 16.9 Å². The van der Waals surface area contributed by atoms with Crippen molar-refractivity contribution in [3.63, 3.8) is 0 Å². The Morgan fingerprint density at radius 1 is 1.11 bits per heavy atom. The van der Waals surface area contributed by atoms with Gasteiger partial charge in [-0.2, -0.15) is 0 Å². The van der Waals surface area contributed by atoms with Gasteiger partial charge in [0.1, 0.15) is 0 Å². The third-order valence-corrected chi connectivity index (χ3v) is 2.70. The first-order valence-electron chi connectivity index (χ1n) is 7.15. The van der Waals surface area contributed by atoms with Crippen LogP contribution in [0.1, 0.15) is 38.1 Å². The highest BCUT2D eigenvalue weighted by molar-refractivity contribution is 5.93. The van der Waals surface area contributed by atoms with Crippen molar-refractivity contribution in [1.82, 2.24) is 14.8 Å². The molecule has 0 N–H and O–H groups in total. The van der Waals surface area contributed by atoms with Crippen molar-refractivity contribution in [2.24, 2.45) is 0 Å². The van der Waals surface area contributed by atoms with Crippen LogP contribution in [0.2, 0.25) is 0 Å². The van der Waals surface area contributed by atoms with Crippen LogP contribution in [0.25, 0.3) is 0 Å². The van der Waals surface area contributed by atoms with Gasteiger partial charge in [0.2, 0.25) is 0 Å². The lowest BCUT2D eigenvalue weighted by molar-refractivity contribution is 0.0663. The number of piperazine rings is 1. The summed E-state index contributed by atoms with van der Waals surface area (Å²) in [6.07, 6.45) is 3.31. The third-order valence-electron chi connectivity index (χ3n) is 2.70. The fourth-order valence-electron chi connectivity index (χ4n) is 1.68. The van der Waals surface area contributed by atoms with Crippen molar-refractivity contribution in [3.05, 3.63) is 30.1 Å². The van der Waals surface area contributed by atoms with Crippen LogP contribution in [0.5, 0.6) is 0 Å². The van der Waals surface area contributed by atoms with Crippen molar-refractivity contribution >= 4 is 5.91 Å². The molecule has 2 rings (SSSR count). The number of hydrogen-bond acceptors (Lipinski definition) is 3. The Morgan fingerprint density at radius 2 is 1.68 bits per heavy atom. The van der Waals surface area contributed by atoms with Crippen molar-refractivity contribution in [2.45, 2.75) is 27.7 Å². The highest BCUT2D eigenvalue weighted by Crippen LogP contribution is 2.06. The molecule has 0 spiro atoms. The maximum Gasteiger partial charge on any atom is 0.255 e. The molecule has 2 heterocycles. The number of amides is 1. The second-order valence-electron chi connectivity index (χ2n) is 3.84. The number of pyridine rings is 1. The molecule has 1 fully saturated rings. The predicted octanol–water partition coefficient (Wildman–Crippen LogP) is 2.52. The standard InChI is InChI=1S/C11H15N3O.2C2H6/c1-13-5-7-14(8-6-13)11(15)10-3-2-4-12-9-10;2*1-2/h2-4,9H,5-8H2,1H3;2*1-2H3. The molecular formula is C15H27N3O. The van der Waals surface area contributed by atoms with Crippen LogP contribution in [0, 0.1) is 0 Å². The first kappa shape index (κ1) is 17.6. The highest BCUT2D eigenvalue weighted by Gasteiger charge is 2.19. The van der Waals surface area contributed by atoms with E-state index in [9.17, 15) is 4.79 Å². The van der Waals surface area contributed by atoms with Crippen LogP contribution >= 0.6 is 0 Å². The van der Waals surface area contributed by atoms with Gasteiger partial charge in [-0.1, -0.05) is 27.7 Å². The summed E-state index contributed by atoms with van der Waals surface area (Å²) in [6, 6.07) is 3.61. The molecule has 0 unspecified atom stereocenters. The minimum Gasteiger partial charge on any atom is -0.336 e. The van der Waals surface area contributed by atoms with E-state index >= 15 is 0 Å². The van der Waals surface area contributed by atoms with E-state index in [1.54, 1.807) is 18.5 Å². The van der Waals surface area contributed by atoms with Gasteiger partial charge in [-0.3, -0.25) is 9.78 Å². The van der Waals surface area contributed by atoms with E-state index in [4.69, 9.17) is 0 Å². The Hall–Kier alpha value is -1.42. The largest absolute Gasteiger partial charge is 0.336 e. The Bertz CT molecular complexity index is 333. The molecule has 1 aliphatic heterocycles. The smallest absolute Gasteiger partial charge is 0.255 e. The van der Waals surface area contributed by atoms with Crippen LogP contribution in [-0.4, -0.2) is 53.9 Å². The zero-order chi connectivity index (χ0) is 14.7. The summed E-state index contributed by atoms with van der Waals surface area (Å²) in [5.74, 6) is 0.0937. The summed E-state index contributed by atoms with van der Waals surface area (Å²) >= 11 is 0. The fourth-order valence-corrected chi connectivity index (χ4v) is 1.68. The Labute approximate surface area is 117 Å². The number of carbonyl (C=O) groups excluding carboxylic acids is 1. The van der Waals surface area contributed by atoms with E-state index in [1.807, 2.05) is 38.7 Å². The maximum absolute atomic E-state index is 12.0. The van der Waals surface area contributed by atoms with Crippen LogP contribution in [0.4, 0.5) is 0 Å². The number of likely N-dealkylation sites (N-methyl/N-ethyl adjacent to an activating group) is 1. The van der Waals surface area contributed by atoms with Gasteiger partial charge in [-0.05, 0) is 19.2 Å². The Morgan fingerprint density at radius 3 is 2.16 bits per heavy atom. The molecule has 108 valence electrons. The van der Waals surface area contributed by atoms with Gasteiger partial charge in [-0.15, -0.1) is 0 Å². The lowest BCUT2D eigenvalue weighted by Gasteiger charge is -2.32. The average molecular weight is 265 g/mol. The van der Waals surface area contributed by atoms with E-state index in [0.29, 0.717) is 5.56 Å². The quantitative estimate of drug-likeness (QED) is 0.783. The summed E-state index contributed by atoms with van der Waals surface area (Å²) in [5, 5.41) is 0. The van der Waals surface area contributed by atoms with Crippen LogP contribution in [-0.2, 0) is 0 Å². The fraction of sp³-hybridized carbons (Fsp3) is 0.600. The summed E-state index contributed by atoms with van der Waals surface area (Å²) in [7, 11) is 2.08. The summed E-state index contributed by atoms with van der Waals surface area (Å²) < 4.78 is 0. The summed E-state index contributed by atoms with van der Waals surface area (Å²) in [5.41, 5.74) is 0.682.